The molecule has 0 spiro atoms. The molecule has 1 aromatic carbocycles. The molecule has 0 unspecified atom stereocenters. The Hall–Kier alpha value is -2.11. The maximum Gasteiger partial charge on any atom is 0.346 e. The van der Waals surface area contributed by atoms with E-state index < -0.39 is 17.0 Å². The first kappa shape index (κ1) is 13.0. The average molecular weight is 239 g/mol. The highest BCUT2D eigenvalue weighted by molar-refractivity contribution is 5.74. The topological polar surface area (TPSA) is 78.7 Å². The Morgan fingerprint density at radius 1 is 1.47 bits per heavy atom. The van der Waals surface area contributed by atoms with Gasteiger partial charge in [0.15, 0.2) is 11.9 Å². The van der Waals surface area contributed by atoms with Gasteiger partial charge in [0, 0.05) is 6.07 Å². The van der Waals surface area contributed by atoms with Gasteiger partial charge >= 0.3 is 11.7 Å². The van der Waals surface area contributed by atoms with Crippen molar-refractivity contribution in [2.75, 3.05) is 7.11 Å². The van der Waals surface area contributed by atoms with Gasteiger partial charge in [0.1, 0.15) is 0 Å². The zero-order valence-electron chi connectivity index (χ0n) is 9.80. The van der Waals surface area contributed by atoms with Crippen LogP contribution in [0.5, 0.6) is 5.75 Å². The maximum absolute atomic E-state index is 11.1. The highest BCUT2D eigenvalue weighted by atomic mass is 16.6. The Balaban J connectivity index is 2.98. The van der Waals surface area contributed by atoms with Crippen LogP contribution in [-0.4, -0.2) is 24.1 Å². The van der Waals surface area contributed by atoms with Gasteiger partial charge < -0.3 is 9.47 Å². The molecule has 0 saturated heterocycles. The minimum absolute atomic E-state index is 0.0542. The molecule has 17 heavy (non-hydrogen) atoms. The SMILES string of the molecule is COC(=O)[C@@H](C)Oc1ccc(C)cc1[N+](=O)[O-]. The molecule has 0 radical (unpaired) electrons. The maximum atomic E-state index is 11.1. The Bertz CT molecular complexity index is 443. The van der Waals surface area contributed by atoms with Crippen molar-refractivity contribution in [3.05, 3.63) is 33.9 Å². The molecule has 0 saturated carbocycles. The summed E-state index contributed by atoms with van der Waals surface area (Å²) in [4.78, 5) is 21.4. The van der Waals surface area contributed by atoms with Crippen LogP contribution in [0.2, 0.25) is 0 Å². The van der Waals surface area contributed by atoms with Crippen molar-refractivity contribution >= 4 is 11.7 Å². The molecule has 1 atom stereocenters. The first-order valence-corrected chi connectivity index (χ1v) is 4.95. The van der Waals surface area contributed by atoms with Crippen LogP contribution in [0.15, 0.2) is 18.2 Å². The van der Waals surface area contributed by atoms with Crippen molar-refractivity contribution < 1.29 is 19.2 Å². The monoisotopic (exact) mass is 239 g/mol. The molecule has 1 aromatic rings. The number of aryl methyl sites for hydroxylation is 1. The molecule has 0 bridgehead atoms. The molecule has 1 rings (SSSR count). The number of rotatable bonds is 4. The second kappa shape index (κ2) is 5.29. The fraction of sp³-hybridized carbons (Fsp3) is 0.364. The number of hydrogen-bond donors (Lipinski definition) is 0. The number of nitro groups is 1. The average Bonchev–Trinajstić information content (AvgIpc) is 2.29. The highest BCUT2D eigenvalue weighted by Crippen LogP contribution is 2.28. The summed E-state index contributed by atoms with van der Waals surface area (Å²) >= 11 is 0. The van der Waals surface area contributed by atoms with Gasteiger partial charge in [-0.15, -0.1) is 0 Å². The molecule has 0 aliphatic carbocycles. The van der Waals surface area contributed by atoms with Crippen LogP contribution in [0, 0.1) is 17.0 Å². The quantitative estimate of drug-likeness (QED) is 0.455. The van der Waals surface area contributed by atoms with Crippen molar-refractivity contribution in [1.29, 1.82) is 0 Å². The lowest BCUT2D eigenvalue weighted by atomic mass is 10.2. The van der Waals surface area contributed by atoms with E-state index in [1.54, 1.807) is 13.0 Å². The van der Waals surface area contributed by atoms with Crippen LogP contribution >= 0.6 is 0 Å². The molecular formula is C11H13NO5. The molecule has 0 amide bonds. The van der Waals surface area contributed by atoms with Gasteiger partial charge in [-0.05, 0) is 25.5 Å². The van der Waals surface area contributed by atoms with E-state index in [4.69, 9.17) is 4.74 Å². The number of ether oxygens (including phenoxy) is 2. The molecule has 6 nitrogen and oxygen atoms in total. The zero-order chi connectivity index (χ0) is 13.0. The van der Waals surface area contributed by atoms with Crippen LogP contribution in [0.25, 0.3) is 0 Å². The van der Waals surface area contributed by atoms with Crippen LogP contribution in [0.3, 0.4) is 0 Å². The first-order valence-electron chi connectivity index (χ1n) is 4.95. The molecule has 0 aliphatic rings. The van der Waals surface area contributed by atoms with Crippen molar-refractivity contribution in [1.82, 2.24) is 0 Å². The summed E-state index contributed by atoms with van der Waals surface area (Å²) in [6.45, 7) is 3.20. The summed E-state index contributed by atoms with van der Waals surface area (Å²) in [5.41, 5.74) is 0.579. The Morgan fingerprint density at radius 3 is 2.65 bits per heavy atom. The lowest BCUT2D eigenvalue weighted by Gasteiger charge is -2.12. The lowest BCUT2D eigenvalue weighted by Crippen LogP contribution is -2.25. The van der Waals surface area contributed by atoms with Gasteiger partial charge in [-0.2, -0.15) is 0 Å². The van der Waals surface area contributed by atoms with Crippen molar-refractivity contribution in [3.63, 3.8) is 0 Å². The molecule has 0 fully saturated rings. The van der Waals surface area contributed by atoms with Gasteiger partial charge in [0.25, 0.3) is 0 Å². The number of nitrogens with zero attached hydrogens (tertiary/aromatic N) is 1. The van der Waals surface area contributed by atoms with E-state index in [1.807, 2.05) is 0 Å². The summed E-state index contributed by atoms with van der Waals surface area (Å²) in [5.74, 6) is -0.529. The standard InChI is InChI=1S/C11H13NO5/c1-7-4-5-10(9(6-7)12(14)15)17-8(2)11(13)16-3/h4-6,8H,1-3H3/t8-/m1/s1. The fourth-order valence-corrected chi connectivity index (χ4v) is 1.27. The zero-order valence-corrected chi connectivity index (χ0v) is 9.80. The molecular weight excluding hydrogens is 226 g/mol. The van der Waals surface area contributed by atoms with E-state index in [-0.39, 0.29) is 11.4 Å². The number of carbonyl (C=O) groups is 1. The van der Waals surface area contributed by atoms with E-state index in [9.17, 15) is 14.9 Å². The van der Waals surface area contributed by atoms with Crippen LogP contribution in [-0.2, 0) is 9.53 Å². The van der Waals surface area contributed by atoms with E-state index in [0.29, 0.717) is 0 Å². The summed E-state index contributed by atoms with van der Waals surface area (Å²) in [6, 6.07) is 4.53. The van der Waals surface area contributed by atoms with Crippen LogP contribution in [0.4, 0.5) is 5.69 Å². The fourth-order valence-electron chi connectivity index (χ4n) is 1.27. The number of hydrogen-bond acceptors (Lipinski definition) is 5. The number of methoxy groups -OCH3 is 1. The molecule has 0 heterocycles. The van der Waals surface area contributed by atoms with Crippen molar-refractivity contribution in [3.8, 4) is 5.75 Å². The smallest absolute Gasteiger partial charge is 0.346 e. The number of carbonyl (C=O) groups excluding carboxylic acids is 1. The van der Waals surface area contributed by atoms with Gasteiger partial charge in [0.2, 0.25) is 0 Å². The summed E-state index contributed by atoms with van der Waals surface area (Å²) in [5, 5.41) is 10.8. The van der Waals surface area contributed by atoms with Crippen LogP contribution in [0.1, 0.15) is 12.5 Å². The molecule has 6 heteroatoms. The Kier molecular flexibility index (Phi) is 4.03. The minimum Gasteiger partial charge on any atom is -0.472 e. The number of benzene rings is 1. The molecule has 0 aliphatic heterocycles. The predicted molar refractivity (Wildman–Crippen MR) is 59.9 cm³/mol. The van der Waals surface area contributed by atoms with Gasteiger partial charge in [-0.1, -0.05) is 6.07 Å². The van der Waals surface area contributed by atoms with Crippen molar-refractivity contribution in [2.24, 2.45) is 0 Å². The van der Waals surface area contributed by atoms with E-state index in [1.165, 1.54) is 26.2 Å². The third kappa shape index (κ3) is 3.17. The Morgan fingerprint density at radius 2 is 2.12 bits per heavy atom. The predicted octanol–water partition coefficient (Wildman–Crippen LogP) is 1.84. The van der Waals surface area contributed by atoms with E-state index in [0.717, 1.165) is 5.56 Å². The normalized spacial score (nSPS) is 11.7. The number of esters is 1. The van der Waals surface area contributed by atoms with Gasteiger partial charge in [0.05, 0.1) is 12.0 Å². The van der Waals surface area contributed by atoms with Crippen LogP contribution < -0.4 is 4.74 Å². The van der Waals surface area contributed by atoms with E-state index >= 15 is 0 Å². The second-order valence-electron chi connectivity index (χ2n) is 3.51. The number of nitro benzene ring substituents is 1. The minimum atomic E-state index is -0.888. The molecule has 0 aromatic heterocycles. The Labute approximate surface area is 98.3 Å². The summed E-state index contributed by atoms with van der Waals surface area (Å²) in [7, 11) is 1.23. The summed E-state index contributed by atoms with van der Waals surface area (Å²) in [6.07, 6.45) is -0.888. The lowest BCUT2D eigenvalue weighted by molar-refractivity contribution is -0.386. The van der Waals surface area contributed by atoms with Crippen molar-refractivity contribution in [2.45, 2.75) is 20.0 Å². The van der Waals surface area contributed by atoms with E-state index in [2.05, 4.69) is 4.74 Å². The largest absolute Gasteiger partial charge is 0.472 e. The third-order valence-corrected chi connectivity index (χ3v) is 2.15. The highest BCUT2D eigenvalue weighted by Gasteiger charge is 2.21. The third-order valence-electron chi connectivity index (χ3n) is 2.15. The van der Waals surface area contributed by atoms with Gasteiger partial charge in [-0.3, -0.25) is 10.1 Å². The molecule has 92 valence electrons. The second-order valence-corrected chi connectivity index (χ2v) is 3.51. The molecule has 0 N–H and O–H groups in total. The first-order chi connectivity index (χ1) is 7.95. The van der Waals surface area contributed by atoms with Gasteiger partial charge in [-0.25, -0.2) is 4.79 Å². The summed E-state index contributed by atoms with van der Waals surface area (Å²) < 4.78 is 9.67.